The average Bonchev–Trinajstić information content (AvgIpc) is 3.52. The van der Waals surface area contributed by atoms with E-state index in [1.807, 2.05) is 25.1 Å². The molecular weight excluding hydrogens is 487 g/mol. The number of nitrogens with zero attached hydrogens (tertiary/aromatic N) is 5. The minimum Gasteiger partial charge on any atom is -0.468 e. The number of nitrogens with one attached hydrogen (secondary N) is 3. The van der Waals surface area contributed by atoms with Crippen LogP contribution >= 0.6 is 0 Å². The third-order valence-electron chi connectivity index (χ3n) is 6.42. The highest BCUT2D eigenvalue weighted by atomic mass is 19.1. The number of halogens is 1. The molecule has 2 fully saturated rings. The average molecular weight is 523 g/mol. The lowest BCUT2D eigenvalue weighted by atomic mass is 10.2. The first kappa shape index (κ1) is 27.1. The van der Waals surface area contributed by atoms with E-state index in [0.29, 0.717) is 28.8 Å². The van der Waals surface area contributed by atoms with Crippen LogP contribution in [-0.2, 0) is 4.79 Å². The summed E-state index contributed by atoms with van der Waals surface area (Å²) in [6.45, 7) is 10.5. The van der Waals surface area contributed by atoms with Crippen molar-refractivity contribution in [1.29, 1.82) is 0 Å². The van der Waals surface area contributed by atoms with Crippen LogP contribution in [0, 0.1) is 12.7 Å². The van der Waals surface area contributed by atoms with Crippen LogP contribution in [0.2, 0.25) is 0 Å². The van der Waals surface area contributed by atoms with Crippen molar-refractivity contribution in [3.05, 3.63) is 53.4 Å². The SMILES string of the molecule is C=N/C(=C\C(=N/COc1ccc2[nH]c(C)cc2c1F)N1CCN(C)CC1)Nc1cc(C2CC2)[nH]n1.CC=O. The molecule has 3 aromatic rings. The molecule has 5 rings (SSSR count). The molecule has 202 valence electrons. The van der Waals surface area contributed by atoms with Crippen LogP contribution in [0.4, 0.5) is 10.2 Å². The normalized spacial score (nSPS) is 16.7. The smallest absolute Gasteiger partial charge is 0.181 e. The number of hydrogen-bond donors (Lipinski definition) is 3. The fraction of sp³-hybridized carbons (Fsp3) is 0.407. The van der Waals surface area contributed by atoms with E-state index in [-0.39, 0.29) is 18.3 Å². The number of aliphatic imine (C=N–C) groups is 2. The fourth-order valence-corrected chi connectivity index (χ4v) is 4.22. The molecule has 0 unspecified atom stereocenters. The van der Waals surface area contributed by atoms with Crippen molar-refractivity contribution in [2.24, 2.45) is 9.98 Å². The monoisotopic (exact) mass is 522 g/mol. The molecule has 0 atom stereocenters. The van der Waals surface area contributed by atoms with E-state index in [9.17, 15) is 4.39 Å². The van der Waals surface area contributed by atoms with Crippen LogP contribution in [0.25, 0.3) is 10.9 Å². The number of likely N-dealkylation sites (N-methyl/N-ethyl adjacent to an activating group) is 1. The van der Waals surface area contributed by atoms with E-state index in [2.05, 4.69) is 54.0 Å². The number of benzene rings is 1. The van der Waals surface area contributed by atoms with Crippen LogP contribution in [-0.4, -0.2) is 83.8 Å². The minimum atomic E-state index is -0.390. The van der Waals surface area contributed by atoms with Crippen molar-refractivity contribution in [3.63, 3.8) is 0 Å². The summed E-state index contributed by atoms with van der Waals surface area (Å²) in [7, 11) is 2.10. The summed E-state index contributed by atoms with van der Waals surface area (Å²) >= 11 is 0. The maximum atomic E-state index is 14.9. The number of anilines is 1. The number of aromatic amines is 2. The second-order valence-corrected chi connectivity index (χ2v) is 9.40. The number of fused-ring (bicyclic) bond motifs is 1. The van der Waals surface area contributed by atoms with Gasteiger partial charge in [0.25, 0.3) is 0 Å². The lowest BCUT2D eigenvalue weighted by molar-refractivity contribution is -0.106. The van der Waals surface area contributed by atoms with E-state index in [1.165, 1.54) is 19.8 Å². The molecule has 1 aliphatic carbocycles. The van der Waals surface area contributed by atoms with Crippen molar-refractivity contribution in [2.45, 2.75) is 32.6 Å². The maximum absolute atomic E-state index is 14.9. The van der Waals surface area contributed by atoms with Gasteiger partial charge in [0.2, 0.25) is 0 Å². The van der Waals surface area contributed by atoms with Gasteiger partial charge in [-0.3, -0.25) is 5.10 Å². The number of aromatic nitrogens is 3. The standard InChI is InChI=1S/C25H31FN8O.C2H4O/c1-16-12-18-19(29-16)6-7-21(25(18)26)35-15-28-24(34-10-8-33(3)9-11-34)14-22(27-2)30-23-13-20(31-32-23)17-4-5-17;1-2-3/h6-7,12-14,17,29H,2,4-5,8-11,15H2,1,3H3,(H2,30,31,32);2H,1H3/b22-14+,28-24+;. The first-order chi connectivity index (χ1) is 18.4. The Kier molecular flexibility index (Phi) is 8.90. The zero-order valence-corrected chi connectivity index (χ0v) is 22.1. The van der Waals surface area contributed by atoms with Gasteiger partial charge in [-0.05, 0) is 58.7 Å². The van der Waals surface area contributed by atoms with E-state index < -0.39 is 0 Å². The summed E-state index contributed by atoms with van der Waals surface area (Å²) < 4.78 is 20.7. The first-order valence-electron chi connectivity index (χ1n) is 12.7. The Bertz CT molecular complexity index is 1320. The highest BCUT2D eigenvalue weighted by Gasteiger charge is 2.25. The topological polar surface area (TPSA) is 114 Å². The number of carbonyl (C=O) groups excluding carboxylic acids is 1. The molecule has 3 heterocycles. The number of rotatable bonds is 8. The third-order valence-corrected chi connectivity index (χ3v) is 6.42. The van der Waals surface area contributed by atoms with Gasteiger partial charge in [0.1, 0.15) is 17.9 Å². The number of H-pyrrole nitrogens is 2. The largest absolute Gasteiger partial charge is 0.468 e. The van der Waals surface area contributed by atoms with E-state index in [4.69, 9.17) is 9.53 Å². The minimum absolute atomic E-state index is 0.0251. The van der Waals surface area contributed by atoms with E-state index in [0.717, 1.165) is 49.4 Å². The Balaban J connectivity index is 0.00000107. The van der Waals surface area contributed by atoms with Gasteiger partial charge in [-0.25, -0.2) is 14.4 Å². The zero-order valence-electron chi connectivity index (χ0n) is 22.1. The number of ether oxygens (including phenoxy) is 1. The summed E-state index contributed by atoms with van der Waals surface area (Å²) in [5.41, 5.74) is 2.77. The number of hydrogen-bond acceptors (Lipinski definition) is 7. The number of carbonyl (C=O) groups is 1. The summed E-state index contributed by atoms with van der Waals surface area (Å²) in [4.78, 5) is 25.2. The number of aryl methyl sites for hydroxylation is 1. The summed E-state index contributed by atoms with van der Waals surface area (Å²) in [5.74, 6) is 2.29. The molecule has 38 heavy (non-hydrogen) atoms. The Morgan fingerprint density at radius 1 is 1.29 bits per heavy atom. The highest BCUT2D eigenvalue weighted by molar-refractivity contribution is 5.94. The van der Waals surface area contributed by atoms with Crippen LogP contribution in [0.1, 0.15) is 37.1 Å². The molecule has 1 saturated carbocycles. The molecule has 0 radical (unpaired) electrons. The molecule has 3 N–H and O–H groups in total. The third kappa shape index (κ3) is 6.86. The Morgan fingerprint density at radius 3 is 2.71 bits per heavy atom. The van der Waals surface area contributed by atoms with Gasteiger partial charge < -0.3 is 29.6 Å². The van der Waals surface area contributed by atoms with Gasteiger partial charge in [-0.15, -0.1) is 0 Å². The second-order valence-electron chi connectivity index (χ2n) is 9.40. The predicted molar refractivity (Wildman–Crippen MR) is 149 cm³/mol. The van der Waals surface area contributed by atoms with Crippen molar-refractivity contribution in [3.8, 4) is 5.75 Å². The Morgan fingerprint density at radius 2 is 2.03 bits per heavy atom. The summed E-state index contributed by atoms with van der Waals surface area (Å²) in [5, 5.41) is 11.2. The molecule has 2 aromatic heterocycles. The molecule has 0 amide bonds. The lowest BCUT2D eigenvalue weighted by Gasteiger charge is -2.33. The summed E-state index contributed by atoms with van der Waals surface area (Å²) in [6, 6.07) is 7.22. The molecule has 1 saturated heterocycles. The Labute approximate surface area is 221 Å². The number of piperazine rings is 1. The van der Waals surface area contributed by atoms with Gasteiger partial charge in [0, 0.05) is 66.5 Å². The molecule has 1 aliphatic heterocycles. The van der Waals surface area contributed by atoms with Gasteiger partial charge in [0.05, 0.1) is 0 Å². The fourth-order valence-electron chi connectivity index (χ4n) is 4.22. The lowest BCUT2D eigenvalue weighted by Crippen LogP contribution is -2.47. The molecule has 1 aromatic carbocycles. The van der Waals surface area contributed by atoms with Gasteiger partial charge in [-0.2, -0.15) is 5.10 Å². The molecule has 0 bridgehead atoms. The van der Waals surface area contributed by atoms with Crippen LogP contribution in [0.15, 0.2) is 46.1 Å². The highest BCUT2D eigenvalue weighted by Crippen LogP contribution is 2.39. The van der Waals surface area contributed by atoms with Crippen LogP contribution < -0.4 is 10.1 Å². The van der Waals surface area contributed by atoms with Crippen molar-refractivity contribution in [2.75, 3.05) is 45.3 Å². The molecule has 0 spiro atoms. The van der Waals surface area contributed by atoms with Crippen LogP contribution in [0.3, 0.4) is 0 Å². The summed E-state index contributed by atoms with van der Waals surface area (Å²) in [6.07, 6.45) is 4.98. The molecule has 2 aliphatic rings. The number of aldehydes is 1. The Hall–Kier alpha value is -3.99. The molecular formula is C27H35FN8O2. The van der Waals surface area contributed by atoms with Gasteiger partial charge >= 0.3 is 0 Å². The second kappa shape index (κ2) is 12.5. The van der Waals surface area contributed by atoms with Crippen molar-refractivity contribution < 1.29 is 13.9 Å². The first-order valence-corrected chi connectivity index (χ1v) is 12.7. The van der Waals surface area contributed by atoms with Gasteiger partial charge in [0.15, 0.2) is 24.1 Å². The van der Waals surface area contributed by atoms with E-state index >= 15 is 0 Å². The zero-order chi connectivity index (χ0) is 27.1. The maximum Gasteiger partial charge on any atom is 0.181 e. The van der Waals surface area contributed by atoms with Crippen molar-refractivity contribution >= 4 is 35.6 Å². The van der Waals surface area contributed by atoms with Gasteiger partial charge in [-0.1, -0.05) is 0 Å². The number of amidine groups is 1. The molecule has 10 nitrogen and oxygen atoms in total. The van der Waals surface area contributed by atoms with Crippen LogP contribution in [0.5, 0.6) is 5.75 Å². The predicted octanol–water partition coefficient (Wildman–Crippen LogP) is 4.06. The van der Waals surface area contributed by atoms with E-state index in [1.54, 1.807) is 12.1 Å². The van der Waals surface area contributed by atoms with Crippen molar-refractivity contribution in [1.82, 2.24) is 25.0 Å². The molecule has 11 heteroatoms. The quantitative estimate of drug-likeness (QED) is 0.234.